The number of hydrogen-bond donors (Lipinski definition) is 0. The van der Waals surface area contributed by atoms with Crippen LogP contribution in [0, 0.1) is 11.3 Å². The Morgan fingerprint density at radius 3 is 2.27 bits per heavy atom. The van der Waals surface area contributed by atoms with Crippen LogP contribution < -0.4 is 0 Å². The highest BCUT2D eigenvalue weighted by molar-refractivity contribution is 5.87. The average molecular weight is 148 g/mol. The van der Waals surface area contributed by atoms with Gasteiger partial charge in [0.25, 0.3) is 0 Å². The summed E-state index contributed by atoms with van der Waals surface area (Å²) < 4.78 is 0. The molecule has 0 aliphatic rings. The van der Waals surface area contributed by atoms with Gasteiger partial charge < -0.3 is 5.11 Å². The Labute approximate surface area is 63.5 Å². The lowest BCUT2D eigenvalue weighted by Gasteiger charge is -1.87. The first kappa shape index (κ1) is 7.29. The number of hydrogen-bond acceptors (Lipinski definition) is 2. The van der Waals surface area contributed by atoms with Gasteiger partial charge in [0.1, 0.15) is 5.56 Å². The van der Waals surface area contributed by atoms with Gasteiger partial charge in [-0.2, -0.15) is 5.26 Å². The quantitative estimate of drug-likeness (QED) is 0.542. The van der Waals surface area contributed by atoms with Crippen LogP contribution in [-0.4, -0.2) is 11.1 Å². The molecule has 0 unspecified atom stereocenters. The average Bonchev–Trinajstić information content (AvgIpc) is 2.05. The molecule has 0 aliphatic heterocycles. The minimum atomic E-state index is -0.727. The van der Waals surface area contributed by atoms with Gasteiger partial charge in [0.2, 0.25) is 0 Å². The summed E-state index contributed by atoms with van der Waals surface area (Å²) in [5.74, 6) is -0.727. The van der Waals surface area contributed by atoms with Crippen molar-refractivity contribution in [2.45, 2.75) is 0 Å². The molecule has 11 heavy (non-hydrogen) atoms. The first-order valence-electron chi connectivity index (χ1n) is 3.00. The summed E-state index contributed by atoms with van der Waals surface area (Å²) in [6.07, 6.45) is 0. The first-order chi connectivity index (χ1) is 5.24. The molecule has 0 saturated carbocycles. The second-order valence-corrected chi connectivity index (χ2v) is 2.02. The van der Waals surface area contributed by atoms with E-state index in [2.05, 4.69) is 0 Å². The van der Waals surface area contributed by atoms with Crippen molar-refractivity contribution in [3.63, 3.8) is 0 Å². The van der Waals surface area contributed by atoms with Crippen LogP contribution in [0.2, 0.25) is 0 Å². The molecule has 1 aromatic rings. The summed E-state index contributed by atoms with van der Waals surface area (Å²) in [4.78, 5) is 10.4. The Balaban J connectivity index is 3.03. The third kappa shape index (κ3) is 1.55. The van der Waals surface area contributed by atoms with Crippen molar-refractivity contribution in [3.05, 3.63) is 35.4 Å². The van der Waals surface area contributed by atoms with E-state index in [0.29, 0.717) is 11.1 Å². The zero-order chi connectivity index (χ0) is 8.27. The highest BCUT2D eigenvalue weighted by Crippen LogP contribution is 2.02. The molecule has 1 rings (SSSR count). The molecular weight excluding hydrogens is 142 g/mol. The van der Waals surface area contributed by atoms with Crippen LogP contribution in [0.15, 0.2) is 24.3 Å². The molecule has 2 N–H and O–H groups in total. The normalized spacial score (nSPS) is 8.64. The maximum absolute atomic E-state index is 10.4. The summed E-state index contributed by atoms with van der Waals surface area (Å²) in [6.45, 7) is 0. The monoisotopic (exact) mass is 148 g/mol. The second-order valence-electron chi connectivity index (χ2n) is 2.02. The zero-order valence-electron chi connectivity index (χ0n) is 5.66. The molecule has 54 valence electrons. The van der Waals surface area contributed by atoms with Gasteiger partial charge in [-0.15, -0.1) is 0 Å². The van der Waals surface area contributed by atoms with Crippen molar-refractivity contribution in [2.24, 2.45) is 0 Å². The summed E-state index contributed by atoms with van der Waals surface area (Å²) >= 11 is 0. The van der Waals surface area contributed by atoms with E-state index in [1.807, 2.05) is 6.07 Å². The molecule has 0 bridgehead atoms. The van der Waals surface area contributed by atoms with Crippen LogP contribution in [0.25, 0.3) is 0 Å². The van der Waals surface area contributed by atoms with Gasteiger partial charge in [-0.25, -0.2) is 0 Å². The Hall–Kier alpha value is -1.82. The summed E-state index contributed by atoms with van der Waals surface area (Å²) in [6, 6.07) is 7.88. The van der Waals surface area contributed by atoms with E-state index in [9.17, 15) is 4.79 Å². The molecule has 0 saturated heterocycles. The molecule has 0 amide bonds. The standard InChI is InChI=1S/C8H5NO2/c9-5-6-1-3-7(4-2-6)8(10)11/h1-4H,(H,10,11)/p+1. The van der Waals surface area contributed by atoms with Gasteiger partial charge in [-0.1, -0.05) is 0 Å². The smallest absolute Gasteiger partial charge is 0.549 e. The maximum Gasteiger partial charge on any atom is 0.549 e. The maximum atomic E-state index is 10.4. The molecule has 0 aliphatic carbocycles. The van der Waals surface area contributed by atoms with E-state index in [-0.39, 0.29) is 0 Å². The number of nitrogens with zero attached hydrogens (tertiary/aromatic N) is 1. The van der Waals surface area contributed by atoms with Crippen LogP contribution in [0.3, 0.4) is 0 Å². The van der Waals surface area contributed by atoms with Gasteiger partial charge in [0, 0.05) is 4.79 Å². The van der Waals surface area contributed by atoms with E-state index < -0.39 is 5.97 Å². The summed E-state index contributed by atoms with van der Waals surface area (Å²) in [7, 11) is 0. The van der Waals surface area contributed by atoms with Crippen LogP contribution in [0.1, 0.15) is 15.9 Å². The van der Waals surface area contributed by atoms with Gasteiger partial charge in [-0.3, -0.25) is 0 Å². The number of carbonyl (C=O) groups excluding carboxylic acids is 1. The molecule has 0 atom stereocenters. The topological polar surface area (TPSA) is 63.8 Å². The lowest BCUT2D eigenvalue weighted by molar-refractivity contribution is 0.0697. The third-order valence-electron chi connectivity index (χ3n) is 1.28. The third-order valence-corrected chi connectivity index (χ3v) is 1.28. The van der Waals surface area contributed by atoms with Crippen molar-refractivity contribution in [3.8, 4) is 6.07 Å². The van der Waals surface area contributed by atoms with E-state index in [4.69, 9.17) is 10.4 Å². The van der Waals surface area contributed by atoms with Crippen molar-refractivity contribution < 1.29 is 9.90 Å². The fraction of sp³-hybridized carbons (Fsp3) is 0. The Morgan fingerprint density at radius 1 is 1.36 bits per heavy atom. The summed E-state index contributed by atoms with van der Waals surface area (Å²) in [5.41, 5.74) is 0.805. The number of nitriles is 1. The Bertz CT molecular complexity index is 308. The van der Waals surface area contributed by atoms with Crippen LogP contribution in [0.4, 0.5) is 0 Å². The van der Waals surface area contributed by atoms with Crippen LogP contribution in [0.5, 0.6) is 0 Å². The molecule has 0 heterocycles. The molecule has 3 nitrogen and oxygen atoms in total. The van der Waals surface area contributed by atoms with Crippen LogP contribution in [-0.2, 0) is 0 Å². The van der Waals surface area contributed by atoms with E-state index in [0.717, 1.165) is 0 Å². The van der Waals surface area contributed by atoms with Gasteiger partial charge in [0.15, 0.2) is 0 Å². The molecule has 0 radical (unpaired) electrons. The largest absolute Gasteiger partial charge is 0.561 e. The van der Waals surface area contributed by atoms with Gasteiger partial charge >= 0.3 is 5.97 Å². The second kappa shape index (κ2) is 2.84. The predicted molar refractivity (Wildman–Crippen MR) is 39.1 cm³/mol. The van der Waals surface area contributed by atoms with Crippen molar-refractivity contribution in [2.75, 3.05) is 0 Å². The zero-order valence-corrected chi connectivity index (χ0v) is 5.66. The van der Waals surface area contributed by atoms with E-state index in [1.165, 1.54) is 24.3 Å². The predicted octanol–water partition coefficient (Wildman–Crippen LogP) is 0.423. The van der Waals surface area contributed by atoms with Crippen molar-refractivity contribution in [1.82, 2.24) is 0 Å². The minimum absolute atomic E-state index is 0.309. The lowest BCUT2D eigenvalue weighted by atomic mass is 10.1. The lowest BCUT2D eigenvalue weighted by Crippen LogP contribution is -1.94. The van der Waals surface area contributed by atoms with Crippen molar-refractivity contribution >= 4 is 5.97 Å². The van der Waals surface area contributed by atoms with Crippen molar-refractivity contribution in [1.29, 1.82) is 5.26 Å². The van der Waals surface area contributed by atoms with Gasteiger partial charge in [-0.05, 0) is 24.3 Å². The highest BCUT2D eigenvalue weighted by Gasteiger charge is 2.08. The first-order valence-corrected chi connectivity index (χ1v) is 3.00. The number of rotatable bonds is 1. The molecule has 0 spiro atoms. The molecule has 3 heteroatoms. The van der Waals surface area contributed by atoms with E-state index >= 15 is 0 Å². The van der Waals surface area contributed by atoms with E-state index in [1.54, 1.807) is 0 Å². The minimum Gasteiger partial charge on any atom is -0.561 e. The highest BCUT2D eigenvalue weighted by atomic mass is 16.4. The van der Waals surface area contributed by atoms with Crippen LogP contribution >= 0.6 is 0 Å². The molecule has 0 fully saturated rings. The summed E-state index contributed by atoms with van der Waals surface area (Å²) in [5, 5.41) is 15.1. The van der Waals surface area contributed by atoms with Gasteiger partial charge in [0.05, 0.1) is 11.6 Å². The SMILES string of the molecule is N#Cc1ccc(C(=O)[OH2+])cc1. The molecule has 1 aromatic carbocycles. The fourth-order valence-electron chi connectivity index (χ4n) is 0.696. The Morgan fingerprint density at radius 2 is 1.91 bits per heavy atom. The Kier molecular flexibility index (Phi) is 1.88. The molecule has 0 aromatic heterocycles. The number of benzene rings is 1. The number of carbonyl (C=O) groups is 1. The fourth-order valence-corrected chi connectivity index (χ4v) is 0.696. The molecular formula is C8H6NO2+.